The molecule has 1 saturated heterocycles. The van der Waals surface area contributed by atoms with Crippen LogP contribution in [-0.2, 0) is 14.4 Å². The smallest absolute Gasteiger partial charge is 0.309 e. The average molecular weight is 439 g/mol. The highest BCUT2D eigenvalue weighted by atomic mass is 32.2. The Morgan fingerprint density at radius 2 is 1.60 bits per heavy atom. The van der Waals surface area contributed by atoms with E-state index in [-0.39, 0.29) is 17.7 Å². The third-order valence-corrected chi connectivity index (χ3v) is 7.19. The van der Waals surface area contributed by atoms with E-state index in [1.165, 1.54) is 6.42 Å². The summed E-state index contributed by atoms with van der Waals surface area (Å²) in [7, 11) is 1.90. The molecule has 1 unspecified atom stereocenters. The molecule has 0 aromatic rings. The van der Waals surface area contributed by atoms with Gasteiger partial charge in [-0.15, -0.1) is 5.10 Å². The number of thioether (sulfide) groups is 1. The molecule has 8 heteroatoms. The molecule has 0 radical (unpaired) electrons. The van der Waals surface area contributed by atoms with Crippen molar-refractivity contribution < 1.29 is 14.4 Å². The van der Waals surface area contributed by atoms with E-state index in [0.717, 1.165) is 70.1 Å². The molecule has 3 aliphatic rings. The van der Waals surface area contributed by atoms with Gasteiger partial charge in [0.05, 0.1) is 0 Å². The van der Waals surface area contributed by atoms with Gasteiger partial charge in [0.15, 0.2) is 5.17 Å². The van der Waals surface area contributed by atoms with Gasteiger partial charge in [0.1, 0.15) is 6.04 Å². The van der Waals surface area contributed by atoms with Gasteiger partial charge in [0.25, 0.3) is 0 Å². The molecule has 1 atom stereocenters. The molecule has 30 heavy (non-hydrogen) atoms. The molecule has 2 saturated carbocycles. The average Bonchev–Trinajstić information content (AvgIpc) is 3.22. The summed E-state index contributed by atoms with van der Waals surface area (Å²) in [6, 6.07) is -0.733. The lowest BCUT2D eigenvalue weighted by molar-refractivity contribution is -0.141. The molecule has 7 nitrogen and oxygen atoms in total. The van der Waals surface area contributed by atoms with Gasteiger partial charge < -0.3 is 10.2 Å². The standard InChI is InChI=1S/C20H32N4O3S.C2H6/c1-24-12-13-28-20(24)23-22-19(27)17(25)16(14-8-4-2-5-9-14)21-18(26)15-10-6-3-7-11-15;1-2/h14-16H,2-13H2,1H3,(H,21,26)(H,22,27);1-2H3/b23-20-;. The van der Waals surface area contributed by atoms with Gasteiger partial charge in [-0.25, -0.2) is 5.43 Å². The van der Waals surface area contributed by atoms with E-state index in [1.807, 2.05) is 25.8 Å². The minimum Gasteiger partial charge on any atom is -0.352 e. The van der Waals surface area contributed by atoms with Crippen molar-refractivity contribution in [3.05, 3.63) is 0 Å². The number of hydrogen-bond acceptors (Lipinski definition) is 5. The van der Waals surface area contributed by atoms with Crippen LogP contribution in [0.3, 0.4) is 0 Å². The van der Waals surface area contributed by atoms with E-state index in [4.69, 9.17) is 0 Å². The molecule has 3 rings (SSSR count). The summed E-state index contributed by atoms with van der Waals surface area (Å²) in [5.74, 6) is -0.426. The monoisotopic (exact) mass is 438 g/mol. The zero-order valence-corrected chi connectivity index (χ0v) is 19.6. The molecular weight excluding hydrogens is 400 g/mol. The number of ketones is 1. The first-order chi connectivity index (χ1) is 14.6. The van der Waals surface area contributed by atoms with E-state index in [1.54, 1.807) is 11.8 Å². The number of nitrogens with one attached hydrogen (secondary N) is 2. The van der Waals surface area contributed by atoms with Crippen LogP contribution in [0.15, 0.2) is 5.10 Å². The predicted molar refractivity (Wildman–Crippen MR) is 122 cm³/mol. The van der Waals surface area contributed by atoms with Crippen molar-refractivity contribution in [2.24, 2.45) is 16.9 Å². The Morgan fingerprint density at radius 1 is 1.00 bits per heavy atom. The van der Waals surface area contributed by atoms with Crippen LogP contribution in [0.1, 0.15) is 78.1 Å². The summed E-state index contributed by atoms with van der Waals surface area (Å²) in [4.78, 5) is 40.1. The number of rotatable bonds is 6. The van der Waals surface area contributed by atoms with Gasteiger partial charge in [-0.2, -0.15) is 0 Å². The van der Waals surface area contributed by atoms with Crippen LogP contribution in [0.4, 0.5) is 0 Å². The van der Waals surface area contributed by atoms with Crippen molar-refractivity contribution in [3.8, 4) is 0 Å². The number of hydrogen-bond donors (Lipinski definition) is 2. The summed E-state index contributed by atoms with van der Waals surface area (Å²) in [6.07, 6.45) is 10.0. The third-order valence-electron chi connectivity index (χ3n) is 6.14. The largest absolute Gasteiger partial charge is 0.352 e. The molecular formula is C22H38N4O3S. The Hall–Kier alpha value is -1.57. The van der Waals surface area contributed by atoms with E-state index in [9.17, 15) is 14.4 Å². The lowest BCUT2D eigenvalue weighted by Gasteiger charge is -2.31. The first-order valence-corrected chi connectivity index (χ1v) is 12.6. The molecule has 0 bridgehead atoms. The number of amidine groups is 1. The van der Waals surface area contributed by atoms with Crippen LogP contribution >= 0.6 is 11.8 Å². The minimum atomic E-state index is -0.733. The second-order valence-electron chi connectivity index (χ2n) is 8.19. The Morgan fingerprint density at radius 3 is 2.17 bits per heavy atom. The third kappa shape index (κ3) is 7.00. The lowest BCUT2D eigenvalue weighted by Crippen LogP contribution is -2.52. The molecule has 170 valence electrons. The quantitative estimate of drug-likeness (QED) is 0.490. The fraction of sp³-hybridized carbons (Fsp3) is 0.818. The summed E-state index contributed by atoms with van der Waals surface area (Å²) in [6.45, 7) is 4.87. The first kappa shape index (κ1) is 24.7. The zero-order valence-electron chi connectivity index (χ0n) is 18.7. The molecule has 2 N–H and O–H groups in total. The second-order valence-corrected chi connectivity index (χ2v) is 9.25. The maximum atomic E-state index is 12.9. The fourth-order valence-corrected chi connectivity index (χ4v) is 5.36. The van der Waals surface area contributed by atoms with Gasteiger partial charge in [-0.3, -0.25) is 14.4 Å². The van der Waals surface area contributed by atoms with Crippen LogP contribution in [-0.4, -0.2) is 53.1 Å². The highest BCUT2D eigenvalue weighted by Crippen LogP contribution is 2.29. The van der Waals surface area contributed by atoms with Gasteiger partial charge in [-0.1, -0.05) is 64.1 Å². The van der Waals surface area contributed by atoms with Crippen molar-refractivity contribution in [1.82, 2.24) is 15.6 Å². The highest BCUT2D eigenvalue weighted by molar-refractivity contribution is 8.14. The van der Waals surface area contributed by atoms with Crippen LogP contribution in [0.5, 0.6) is 0 Å². The van der Waals surface area contributed by atoms with Crippen molar-refractivity contribution in [2.75, 3.05) is 19.3 Å². The number of carbonyl (C=O) groups is 3. The second kappa shape index (κ2) is 13.0. The predicted octanol–water partition coefficient (Wildman–Crippen LogP) is 3.29. The topological polar surface area (TPSA) is 90.9 Å². The highest BCUT2D eigenvalue weighted by Gasteiger charge is 2.36. The number of hydrazone groups is 1. The summed E-state index contributed by atoms with van der Waals surface area (Å²) in [5.41, 5.74) is 2.41. The van der Waals surface area contributed by atoms with E-state index in [2.05, 4.69) is 15.8 Å². The van der Waals surface area contributed by atoms with Gasteiger partial charge in [0.2, 0.25) is 11.7 Å². The fourth-order valence-electron chi connectivity index (χ4n) is 4.39. The molecule has 0 spiro atoms. The number of Topliss-reactive ketones (excluding diaryl/α,β-unsaturated/α-hetero) is 1. The number of carbonyl (C=O) groups excluding carboxylic acids is 3. The Kier molecular flexibility index (Phi) is 10.7. The number of nitrogens with zero attached hydrogens (tertiary/aromatic N) is 2. The molecule has 1 heterocycles. The van der Waals surface area contributed by atoms with Crippen molar-refractivity contribution in [1.29, 1.82) is 0 Å². The van der Waals surface area contributed by atoms with Gasteiger partial charge in [-0.05, 0) is 31.6 Å². The van der Waals surface area contributed by atoms with E-state index >= 15 is 0 Å². The van der Waals surface area contributed by atoms with Crippen LogP contribution in [0.2, 0.25) is 0 Å². The van der Waals surface area contributed by atoms with E-state index < -0.39 is 17.7 Å². The molecule has 0 aromatic heterocycles. The van der Waals surface area contributed by atoms with Crippen molar-refractivity contribution in [2.45, 2.75) is 84.1 Å². The summed E-state index contributed by atoms with van der Waals surface area (Å²) >= 11 is 1.55. The lowest BCUT2D eigenvalue weighted by atomic mass is 9.81. The summed E-state index contributed by atoms with van der Waals surface area (Å²) in [5, 5.41) is 7.76. The molecule has 2 amide bonds. The van der Waals surface area contributed by atoms with Crippen LogP contribution in [0.25, 0.3) is 0 Å². The maximum absolute atomic E-state index is 12.9. The van der Waals surface area contributed by atoms with E-state index in [0.29, 0.717) is 5.17 Å². The SMILES string of the molecule is CC.CN1CCS/C1=N\NC(=O)C(=O)C(NC(=O)C1CCCCC1)C1CCCCC1. The van der Waals surface area contributed by atoms with Crippen LogP contribution in [0, 0.1) is 11.8 Å². The maximum Gasteiger partial charge on any atom is 0.309 e. The van der Waals surface area contributed by atoms with Gasteiger partial charge >= 0.3 is 5.91 Å². The Labute approximate surface area is 185 Å². The Bertz CT molecular complexity index is 614. The first-order valence-electron chi connectivity index (χ1n) is 11.6. The molecule has 0 aromatic carbocycles. The molecule has 3 fully saturated rings. The minimum absolute atomic E-state index is 0.0283. The van der Waals surface area contributed by atoms with Gasteiger partial charge in [0, 0.05) is 25.3 Å². The summed E-state index contributed by atoms with van der Waals surface area (Å²) < 4.78 is 0. The van der Waals surface area contributed by atoms with Crippen molar-refractivity contribution in [3.63, 3.8) is 0 Å². The normalized spacial score (nSPS) is 22.8. The molecule has 2 aliphatic carbocycles. The zero-order chi connectivity index (χ0) is 21.9. The molecule has 1 aliphatic heterocycles. The number of amides is 2. The Balaban J connectivity index is 0.00000155. The van der Waals surface area contributed by atoms with Crippen molar-refractivity contribution >= 4 is 34.5 Å². The van der Waals surface area contributed by atoms with Crippen LogP contribution < -0.4 is 10.7 Å².